The van der Waals surface area contributed by atoms with Crippen molar-refractivity contribution in [2.75, 3.05) is 6.54 Å². The lowest BCUT2D eigenvalue weighted by Crippen LogP contribution is -2.49. The number of amides is 1. The smallest absolute Gasteiger partial charge is 0.270 e. The highest BCUT2D eigenvalue weighted by atomic mass is 16.6. The third kappa shape index (κ3) is 2.77. The lowest BCUT2D eigenvalue weighted by atomic mass is 9.78. The van der Waals surface area contributed by atoms with E-state index in [0.717, 1.165) is 19.4 Å². The van der Waals surface area contributed by atoms with Gasteiger partial charge in [0.15, 0.2) is 0 Å². The first-order chi connectivity index (χ1) is 10.2. The maximum Gasteiger partial charge on any atom is 0.270 e. The minimum absolute atomic E-state index is 0.0157. The Balaban J connectivity index is 1.83. The second-order valence-electron chi connectivity index (χ2n) is 6.06. The number of hydrogen-bond acceptors (Lipinski definition) is 3. The lowest BCUT2D eigenvalue weighted by molar-refractivity contribution is -0.384. The van der Waals surface area contributed by atoms with Crippen molar-refractivity contribution in [3.63, 3.8) is 0 Å². The quantitative estimate of drug-likeness (QED) is 0.619. The van der Waals surface area contributed by atoms with Crippen LogP contribution >= 0.6 is 0 Å². The Hall–Kier alpha value is -1.91. The number of piperidine rings is 1. The molecule has 21 heavy (non-hydrogen) atoms. The molecule has 0 unspecified atom stereocenters. The number of carbonyl (C=O) groups is 1. The van der Waals surface area contributed by atoms with Crippen LogP contribution in [-0.2, 0) is 0 Å². The number of nitro benzene ring substituents is 1. The van der Waals surface area contributed by atoms with Gasteiger partial charge in [0, 0.05) is 30.3 Å². The van der Waals surface area contributed by atoms with Gasteiger partial charge in [0.2, 0.25) is 0 Å². The minimum atomic E-state index is -0.448. The molecule has 1 heterocycles. The molecule has 3 rings (SSSR count). The van der Waals surface area contributed by atoms with Crippen LogP contribution in [0, 0.1) is 16.0 Å². The fourth-order valence-electron chi connectivity index (χ4n) is 3.80. The summed E-state index contributed by atoms with van der Waals surface area (Å²) in [5.74, 6) is 0.574. The van der Waals surface area contributed by atoms with Gasteiger partial charge in [0.1, 0.15) is 0 Å². The summed E-state index contributed by atoms with van der Waals surface area (Å²) in [5, 5.41) is 10.9. The lowest BCUT2D eigenvalue weighted by Gasteiger charge is -2.44. The second-order valence-corrected chi connectivity index (χ2v) is 6.06. The van der Waals surface area contributed by atoms with E-state index in [1.54, 1.807) is 12.1 Å². The topological polar surface area (TPSA) is 63.4 Å². The molecule has 2 atom stereocenters. The largest absolute Gasteiger partial charge is 0.335 e. The molecule has 1 aromatic carbocycles. The number of non-ortho nitro benzene ring substituents is 1. The third-order valence-electron chi connectivity index (χ3n) is 4.81. The Bertz CT molecular complexity index is 556. The molecule has 112 valence electrons. The highest BCUT2D eigenvalue weighted by Crippen LogP contribution is 2.36. The average Bonchev–Trinajstić information content (AvgIpc) is 2.53. The van der Waals surface area contributed by atoms with Gasteiger partial charge in [-0.2, -0.15) is 0 Å². The Labute approximate surface area is 124 Å². The van der Waals surface area contributed by atoms with Crippen molar-refractivity contribution in [1.29, 1.82) is 0 Å². The van der Waals surface area contributed by atoms with Crippen molar-refractivity contribution >= 4 is 11.6 Å². The van der Waals surface area contributed by atoms with E-state index in [9.17, 15) is 14.9 Å². The van der Waals surface area contributed by atoms with E-state index in [1.807, 2.05) is 4.90 Å². The molecule has 0 bridgehead atoms. The van der Waals surface area contributed by atoms with Gasteiger partial charge in [0.05, 0.1) is 4.92 Å². The summed E-state index contributed by atoms with van der Waals surface area (Å²) in [7, 11) is 0. The zero-order valence-corrected chi connectivity index (χ0v) is 12.0. The molecule has 5 heteroatoms. The van der Waals surface area contributed by atoms with Crippen molar-refractivity contribution in [1.82, 2.24) is 4.90 Å². The molecule has 1 aromatic rings. The molecular weight excluding hydrogens is 268 g/mol. The van der Waals surface area contributed by atoms with Gasteiger partial charge in [-0.1, -0.05) is 18.9 Å². The zero-order valence-electron chi connectivity index (χ0n) is 12.0. The van der Waals surface area contributed by atoms with Crippen LogP contribution in [0.25, 0.3) is 0 Å². The number of nitrogens with zero attached hydrogens (tertiary/aromatic N) is 2. The number of likely N-dealkylation sites (tertiary alicyclic amines) is 1. The number of carbonyl (C=O) groups excluding carboxylic acids is 1. The summed E-state index contributed by atoms with van der Waals surface area (Å²) in [6.45, 7) is 0.780. The summed E-state index contributed by atoms with van der Waals surface area (Å²) in [6, 6.07) is 6.43. The van der Waals surface area contributed by atoms with Crippen molar-refractivity contribution < 1.29 is 9.72 Å². The molecule has 0 aromatic heterocycles. The third-order valence-corrected chi connectivity index (χ3v) is 4.81. The standard InChI is InChI=1S/C16H20N2O3/c19-16(13-6-3-8-14(11-13)18(20)21)17-10-4-7-12-5-1-2-9-15(12)17/h3,6,8,11-12,15H,1-2,4-5,7,9-10H2/t12-,15+/m0/s1. The van der Waals surface area contributed by atoms with E-state index in [2.05, 4.69) is 0 Å². The monoisotopic (exact) mass is 288 g/mol. The number of nitro groups is 1. The number of rotatable bonds is 2. The predicted molar refractivity (Wildman–Crippen MR) is 79.1 cm³/mol. The van der Waals surface area contributed by atoms with Crippen LogP contribution in [0.4, 0.5) is 5.69 Å². The molecule has 0 N–H and O–H groups in total. The summed E-state index contributed by atoms with van der Waals surface area (Å²) in [5.41, 5.74) is 0.425. The van der Waals surface area contributed by atoms with E-state index in [4.69, 9.17) is 0 Å². The molecule has 2 aliphatic rings. The molecule has 1 aliphatic carbocycles. The molecule has 2 fully saturated rings. The van der Waals surface area contributed by atoms with Crippen molar-refractivity contribution in [3.8, 4) is 0 Å². The first kappa shape index (κ1) is 14.0. The fraction of sp³-hybridized carbons (Fsp3) is 0.562. The SMILES string of the molecule is O=C(c1cccc([N+](=O)[O-])c1)N1CCC[C@@H]2CCCC[C@H]21. The van der Waals surface area contributed by atoms with Crippen LogP contribution < -0.4 is 0 Å². The Morgan fingerprint density at radius 1 is 1.19 bits per heavy atom. The molecule has 1 amide bonds. The molecule has 1 saturated carbocycles. The first-order valence-electron chi connectivity index (χ1n) is 7.72. The predicted octanol–water partition coefficient (Wildman–Crippen LogP) is 3.39. The molecule has 0 spiro atoms. The highest BCUT2D eigenvalue weighted by molar-refractivity contribution is 5.95. The van der Waals surface area contributed by atoms with Crippen molar-refractivity contribution in [2.45, 2.75) is 44.6 Å². The Morgan fingerprint density at radius 2 is 1.95 bits per heavy atom. The minimum Gasteiger partial charge on any atom is -0.335 e. The summed E-state index contributed by atoms with van der Waals surface area (Å²) in [6.07, 6.45) is 6.99. The van der Waals surface area contributed by atoms with Gasteiger partial charge in [0.25, 0.3) is 11.6 Å². The van der Waals surface area contributed by atoms with E-state index in [-0.39, 0.29) is 11.6 Å². The van der Waals surface area contributed by atoms with Gasteiger partial charge in [-0.15, -0.1) is 0 Å². The van der Waals surface area contributed by atoms with E-state index in [0.29, 0.717) is 17.5 Å². The molecule has 1 aliphatic heterocycles. The van der Waals surface area contributed by atoms with E-state index >= 15 is 0 Å². The van der Waals surface area contributed by atoms with Gasteiger partial charge in [-0.05, 0) is 37.7 Å². The van der Waals surface area contributed by atoms with Crippen LogP contribution in [0.3, 0.4) is 0 Å². The van der Waals surface area contributed by atoms with Crippen LogP contribution in [-0.4, -0.2) is 28.3 Å². The molecule has 5 nitrogen and oxygen atoms in total. The van der Waals surface area contributed by atoms with Crippen molar-refractivity contribution in [3.05, 3.63) is 39.9 Å². The van der Waals surface area contributed by atoms with Gasteiger partial charge in [-0.3, -0.25) is 14.9 Å². The maximum atomic E-state index is 12.7. The summed E-state index contributed by atoms with van der Waals surface area (Å²) < 4.78 is 0. The summed E-state index contributed by atoms with van der Waals surface area (Å²) in [4.78, 5) is 25.1. The maximum absolute atomic E-state index is 12.7. The molecular formula is C16H20N2O3. The van der Waals surface area contributed by atoms with E-state index in [1.165, 1.54) is 37.8 Å². The average molecular weight is 288 g/mol. The zero-order chi connectivity index (χ0) is 14.8. The highest BCUT2D eigenvalue weighted by Gasteiger charge is 2.36. The Kier molecular flexibility index (Phi) is 3.90. The Morgan fingerprint density at radius 3 is 2.76 bits per heavy atom. The van der Waals surface area contributed by atoms with Crippen LogP contribution in [0.15, 0.2) is 24.3 Å². The normalized spacial score (nSPS) is 25.2. The molecule has 1 saturated heterocycles. The fourth-order valence-corrected chi connectivity index (χ4v) is 3.80. The van der Waals surface area contributed by atoms with E-state index < -0.39 is 4.92 Å². The second kappa shape index (κ2) is 5.84. The number of hydrogen-bond donors (Lipinski definition) is 0. The van der Waals surface area contributed by atoms with Crippen LogP contribution in [0.5, 0.6) is 0 Å². The number of benzene rings is 1. The van der Waals surface area contributed by atoms with Gasteiger partial charge < -0.3 is 4.90 Å². The van der Waals surface area contributed by atoms with Gasteiger partial charge in [-0.25, -0.2) is 0 Å². The number of fused-ring (bicyclic) bond motifs is 1. The first-order valence-corrected chi connectivity index (χ1v) is 7.72. The van der Waals surface area contributed by atoms with Crippen molar-refractivity contribution in [2.24, 2.45) is 5.92 Å². The summed E-state index contributed by atoms with van der Waals surface area (Å²) >= 11 is 0. The van der Waals surface area contributed by atoms with Gasteiger partial charge >= 0.3 is 0 Å². The van der Waals surface area contributed by atoms with Crippen LogP contribution in [0.1, 0.15) is 48.9 Å². The van der Waals surface area contributed by atoms with Crippen LogP contribution in [0.2, 0.25) is 0 Å². The molecule has 0 radical (unpaired) electrons.